The number of carbonyl (C=O) groups excluding carboxylic acids is 1. The summed E-state index contributed by atoms with van der Waals surface area (Å²) in [5.74, 6) is 0.487. The molecule has 2 atom stereocenters. The highest BCUT2D eigenvalue weighted by Crippen LogP contribution is 2.40. The first-order chi connectivity index (χ1) is 10.7. The first kappa shape index (κ1) is 13.8. The van der Waals surface area contributed by atoms with Gasteiger partial charge < -0.3 is 0 Å². The summed E-state index contributed by atoms with van der Waals surface area (Å²) >= 11 is 1.07. The fourth-order valence-corrected chi connectivity index (χ4v) is 3.31. The molecule has 1 aromatic heterocycles. The van der Waals surface area contributed by atoms with Gasteiger partial charge in [-0.05, 0) is 18.4 Å². The molecule has 5 nitrogen and oxygen atoms in total. The van der Waals surface area contributed by atoms with Crippen LogP contribution >= 0.6 is 11.9 Å². The molecule has 2 aromatic rings. The SMILES string of the molecule is O=C(NSc1nc2n(n1)[C@H](c1ccccc1)C[C@@H]2F)C1CC1. The highest BCUT2D eigenvalue weighted by atomic mass is 32.2. The molecule has 1 aromatic carbocycles. The molecule has 7 heteroatoms. The lowest BCUT2D eigenvalue weighted by Gasteiger charge is -2.11. The Morgan fingerprint density at radius 3 is 2.82 bits per heavy atom. The highest BCUT2D eigenvalue weighted by molar-refractivity contribution is 7.97. The lowest BCUT2D eigenvalue weighted by Crippen LogP contribution is -2.17. The Morgan fingerprint density at radius 2 is 2.09 bits per heavy atom. The van der Waals surface area contributed by atoms with Gasteiger partial charge in [-0.3, -0.25) is 9.52 Å². The minimum absolute atomic E-state index is 0.0105. The van der Waals surface area contributed by atoms with Crippen molar-refractivity contribution in [1.29, 1.82) is 0 Å². The Bertz CT molecular complexity index is 701. The van der Waals surface area contributed by atoms with E-state index in [1.165, 1.54) is 0 Å². The van der Waals surface area contributed by atoms with Crippen LogP contribution in [0.5, 0.6) is 0 Å². The molecule has 114 valence electrons. The summed E-state index contributed by atoms with van der Waals surface area (Å²) in [6.07, 6.45) is 1.13. The molecule has 1 amide bonds. The second kappa shape index (κ2) is 5.39. The fraction of sp³-hybridized carbons (Fsp3) is 0.400. The van der Waals surface area contributed by atoms with Crippen molar-refractivity contribution in [1.82, 2.24) is 19.5 Å². The molecule has 1 N–H and O–H groups in total. The van der Waals surface area contributed by atoms with Crippen LogP contribution in [0, 0.1) is 5.92 Å². The van der Waals surface area contributed by atoms with Crippen LogP contribution in [0.25, 0.3) is 0 Å². The lowest BCUT2D eigenvalue weighted by molar-refractivity contribution is -0.120. The third kappa shape index (κ3) is 2.49. The zero-order valence-electron chi connectivity index (χ0n) is 11.8. The molecule has 0 radical (unpaired) electrons. The van der Waals surface area contributed by atoms with E-state index < -0.39 is 6.17 Å². The molecular formula is C15H15FN4OS. The maximum Gasteiger partial charge on any atom is 0.233 e. The number of alkyl halides is 1. The van der Waals surface area contributed by atoms with E-state index in [9.17, 15) is 9.18 Å². The van der Waals surface area contributed by atoms with E-state index in [1.807, 2.05) is 30.3 Å². The lowest BCUT2D eigenvalue weighted by atomic mass is 10.0. The number of halogens is 1. The van der Waals surface area contributed by atoms with Gasteiger partial charge in [0.15, 0.2) is 12.0 Å². The van der Waals surface area contributed by atoms with Gasteiger partial charge in [-0.15, -0.1) is 5.10 Å². The monoisotopic (exact) mass is 318 g/mol. The Labute approximate surface area is 131 Å². The normalized spacial score (nSPS) is 23.3. The number of hydrogen-bond donors (Lipinski definition) is 1. The third-order valence-corrected chi connectivity index (χ3v) is 4.68. The number of carbonyl (C=O) groups is 1. The van der Waals surface area contributed by atoms with Crippen LogP contribution in [-0.4, -0.2) is 20.7 Å². The first-order valence-corrected chi connectivity index (χ1v) is 8.16. The summed E-state index contributed by atoms with van der Waals surface area (Å²) in [5.41, 5.74) is 1.02. The largest absolute Gasteiger partial charge is 0.293 e. The average molecular weight is 318 g/mol. The van der Waals surface area contributed by atoms with Crippen LogP contribution < -0.4 is 4.72 Å². The topological polar surface area (TPSA) is 59.8 Å². The van der Waals surface area contributed by atoms with Crippen molar-refractivity contribution in [3.63, 3.8) is 0 Å². The summed E-state index contributed by atoms with van der Waals surface area (Å²) in [6, 6.07) is 9.60. The summed E-state index contributed by atoms with van der Waals surface area (Å²) in [4.78, 5) is 15.9. The van der Waals surface area contributed by atoms with Gasteiger partial charge in [0.25, 0.3) is 0 Å². The zero-order valence-corrected chi connectivity index (χ0v) is 12.6. The number of aromatic nitrogens is 3. The number of nitrogens with zero attached hydrogens (tertiary/aromatic N) is 3. The number of fused-ring (bicyclic) bond motifs is 1. The predicted molar refractivity (Wildman–Crippen MR) is 79.8 cm³/mol. The van der Waals surface area contributed by atoms with E-state index in [1.54, 1.807) is 4.68 Å². The molecule has 0 saturated heterocycles. The van der Waals surface area contributed by atoms with E-state index in [2.05, 4.69) is 14.8 Å². The second-order valence-electron chi connectivity index (χ2n) is 5.67. The van der Waals surface area contributed by atoms with E-state index in [0.717, 1.165) is 30.4 Å². The van der Waals surface area contributed by atoms with Crippen molar-refractivity contribution in [2.24, 2.45) is 5.92 Å². The highest BCUT2D eigenvalue weighted by Gasteiger charge is 2.36. The smallest absolute Gasteiger partial charge is 0.233 e. The second-order valence-corrected chi connectivity index (χ2v) is 6.44. The van der Waals surface area contributed by atoms with Crippen LogP contribution in [0.3, 0.4) is 0 Å². The number of rotatable bonds is 4. The van der Waals surface area contributed by atoms with Crippen LogP contribution in [0.4, 0.5) is 4.39 Å². The summed E-state index contributed by atoms with van der Waals surface area (Å²) < 4.78 is 18.6. The predicted octanol–water partition coefficient (Wildman–Crippen LogP) is 2.82. The summed E-state index contributed by atoms with van der Waals surface area (Å²) in [7, 11) is 0. The molecule has 4 rings (SSSR count). The van der Waals surface area contributed by atoms with Gasteiger partial charge in [0, 0.05) is 24.3 Å². The number of nitrogens with one attached hydrogen (secondary N) is 1. The summed E-state index contributed by atoms with van der Waals surface area (Å²) in [5, 5.41) is 4.76. The molecule has 0 spiro atoms. The van der Waals surface area contributed by atoms with Gasteiger partial charge in [-0.1, -0.05) is 30.3 Å². The molecule has 0 unspecified atom stereocenters. The van der Waals surface area contributed by atoms with Gasteiger partial charge in [-0.2, -0.15) is 0 Å². The molecular weight excluding hydrogens is 303 g/mol. The Balaban J connectivity index is 1.53. The maximum atomic E-state index is 14.2. The van der Waals surface area contributed by atoms with Crippen LogP contribution in [0.1, 0.15) is 42.9 Å². The molecule has 2 heterocycles. The first-order valence-electron chi connectivity index (χ1n) is 7.34. The number of hydrogen-bond acceptors (Lipinski definition) is 4. The standard InChI is InChI=1S/C15H15FN4OS/c16-11-8-12(9-4-2-1-3-5-9)20-13(11)17-15(18-20)22-19-14(21)10-6-7-10/h1-5,10-12H,6-8H2,(H,19,21)/t11-,12-/m0/s1. The Morgan fingerprint density at radius 1 is 1.32 bits per heavy atom. The van der Waals surface area contributed by atoms with Crippen LogP contribution in [0.2, 0.25) is 0 Å². The van der Waals surface area contributed by atoms with Crippen molar-refractivity contribution >= 4 is 17.9 Å². The molecule has 1 aliphatic carbocycles. The van der Waals surface area contributed by atoms with Crippen molar-refractivity contribution in [3.8, 4) is 0 Å². The third-order valence-electron chi connectivity index (χ3n) is 4.02. The Kier molecular flexibility index (Phi) is 3.37. The van der Waals surface area contributed by atoms with Gasteiger partial charge in [0.05, 0.1) is 6.04 Å². The van der Waals surface area contributed by atoms with Crippen molar-refractivity contribution in [2.75, 3.05) is 0 Å². The van der Waals surface area contributed by atoms with Gasteiger partial charge >= 0.3 is 0 Å². The van der Waals surface area contributed by atoms with Crippen molar-refractivity contribution in [3.05, 3.63) is 41.7 Å². The van der Waals surface area contributed by atoms with Crippen molar-refractivity contribution < 1.29 is 9.18 Å². The molecule has 22 heavy (non-hydrogen) atoms. The van der Waals surface area contributed by atoms with E-state index in [0.29, 0.717) is 17.4 Å². The number of amides is 1. The van der Waals surface area contributed by atoms with Crippen LogP contribution in [0.15, 0.2) is 35.5 Å². The van der Waals surface area contributed by atoms with Gasteiger partial charge in [0.1, 0.15) is 0 Å². The minimum Gasteiger partial charge on any atom is -0.293 e. The average Bonchev–Trinajstić information content (AvgIpc) is 3.23. The quantitative estimate of drug-likeness (QED) is 0.881. The van der Waals surface area contributed by atoms with Crippen LogP contribution in [-0.2, 0) is 4.79 Å². The van der Waals surface area contributed by atoms with E-state index in [-0.39, 0.29) is 17.9 Å². The molecule has 1 fully saturated rings. The molecule has 1 saturated carbocycles. The zero-order chi connectivity index (χ0) is 15.1. The van der Waals surface area contributed by atoms with Crippen molar-refractivity contribution in [2.45, 2.75) is 36.6 Å². The molecule has 2 aliphatic rings. The fourth-order valence-electron chi connectivity index (χ4n) is 2.68. The van der Waals surface area contributed by atoms with Gasteiger partial charge in [-0.25, -0.2) is 14.1 Å². The molecule has 0 bridgehead atoms. The number of benzene rings is 1. The van der Waals surface area contributed by atoms with Gasteiger partial charge in [0.2, 0.25) is 11.1 Å². The Hall–Kier alpha value is -1.89. The molecule has 1 aliphatic heterocycles. The van der Waals surface area contributed by atoms with E-state index in [4.69, 9.17) is 0 Å². The maximum absolute atomic E-state index is 14.2. The minimum atomic E-state index is -1.12. The summed E-state index contributed by atoms with van der Waals surface area (Å²) in [6.45, 7) is 0. The van der Waals surface area contributed by atoms with E-state index >= 15 is 0 Å².